The van der Waals surface area contributed by atoms with Crippen molar-refractivity contribution in [2.75, 3.05) is 5.73 Å². The average molecular weight is 275 g/mol. The fourth-order valence-electron chi connectivity index (χ4n) is 1.58. The Labute approximate surface area is 106 Å². The number of nitrogen functional groups attached to an aromatic ring is 1. The number of halogens is 1. The standard InChI is InChI=1S/C11H15ClN2O2S/c1-6-3-11(6)14-17(15,16)8-4-9(12)7(2)10(13)5-8/h4-6,11,14H,3,13H2,1-2H3. The lowest BCUT2D eigenvalue weighted by Crippen LogP contribution is -2.27. The van der Waals surface area contributed by atoms with Gasteiger partial charge in [0, 0.05) is 16.8 Å². The summed E-state index contributed by atoms with van der Waals surface area (Å²) < 4.78 is 26.7. The normalized spacial score (nSPS) is 23.7. The molecule has 6 heteroatoms. The number of rotatable bonds is 3. The lowest BCUT2D eigenvalue weighted by atomic mass is 10.2. The summed E-state index contributed by atoms with van der Waals surface area (Å²) in [5.74, 6) is 0.406. The monoisotopic (exact) mass is 274 g/mol. The molecule has 1 saturated carbocycles. The van der Waals surface area contributed by atoms with Crippen LogP contribution in [0.15, 0.2) is 17.0 Å². The topological polar surface area (TPSA) is 72.2 Å². The summed E-state index contributed by atoms with van der Waals surface area (Å²) in [6.45, 7) is 3.76. The molecule has 1 aliphatic rings. The van der Waals surface area contributed by atoms with E-state index in [1.54, 1.807) is 6.92 Å². The minimum Gasteiger partial charge on any atom is -0.398 e. The molecule has 0 spiro atoms. The molecule has 0 saturated heterocycles. The van der Waals surface area contributed by atoms with Crippen molar-refractivity contribution in [3.63, 3.8) is 0 Å². The summed E-state index contributed by atoms with van der Waals surface area (Å²) >= 11 is 5.93. The van der Waals surface area contributed by atoms with Crippen LogP contribution in [0.2, 0.25) is 5.02 Å². The average Bonchev–Trinajstić information content (AvgIpc) is 2.89. The molecular formula is C11H15ClN2O2S. The molecule has 1 fully saturated rings. The SMILES string of the molecule is Cc1c(N)cc(S(=O)(=O)NC2CC2C)cc1Cl. The van der Waals surface area contributed by atoms with Gasteiger partial charge in [0.25, 0.3) is 0 Å². The second kappa shape index (κ2) is 4.15. The summed E-state index contributed by atoms with van der Waals surface area (Å²) in [6.07, 6.45) is 0.883. The molecule has 3 N–H and O–H groups in total. The molecule has 0 aromatic heterocycles. The predicted octanol–water partition coefficient (Wildman–Crippen LogP) is 1.92. The molecule has 0 aliphatic heterocycles. The second-order valence-corrected chi connectivity index (χ2v) is 6.68. The molecule has 0 amide bonds. The Morgan fingerprint density at radius 2 is 2.06 bits per heavy atom. The third-order valence-corrected chi connectivity index (χ3v) is 4.95. The van der Waals surface area contributed by atoms with Crippen molar-refractivity contribution < 1.29 is 8.42 Å². The van der Waals surface area contributed by atoms with Crippen LogP contribution in [-0.4, -0.2) is 14.5 Å². The van der Waals surface area contributed by atoms with Gasteiger partial charge in [-0.3, -0.25) is 0 Å². The number of nitrogens with two attached hydrogens (primary N) is 1. The van der Waals surface area contributed by atoms with Crippen LogP contribution >= 0.6 is 11.6 Å². The van der Waals surface area contributed by atoms with E-state index >= 15 is 0 Å². The van der Waals surface area contributed by atoms with Gasteiger partial charge in [0.1, 0.15) is 0 Å². The Bertz CT molecular complexity index is 534. The van der Waals surface area contributed by atoms with Crippen LogP contribution < -0.4 is 10.5 Å². The third kappa shape index (κ3) is 2.56. The molecule has 1 aromatic carbocycles. The first-order valence-corrected chi connectivity index (χ1v) is 7.25. The Hall–Kier alpha value is -0.780. The van der Waals surface area contributed by atoms with Crippen molar-refractivity contribution in [1.29, 1.82) is 0 Å². The third-order valence-electron chi connectivity index (χ3n) is 3.08. The van der Waals surface area contributed by atoms with E-state index in [-0.39, 0.29) is 10.9 Å². The summed E-state index contributed by atoms with van der Waals surface area (Å²) in [6, 6.07) is 2.92. The summed E-state index contributed by atoms with van der Waals surface area (Å²) in [5, 5.41) is 0.370. The van der Waals surface area contributed by atoms with E-state index in [1.807, 2.05) is 6.92 Å². The quantitative estimate of drug-likeness (QED) is 0.827. The van der Waals surface area contributed by atoms with E-state index in [0.717, 1.165) is 6.42 Å². The van der Waals surface area contributed by atoms with E-state index in [4.69, 9.17) is 17.3 Å². The van der Waals surface area contributed by atoms with Crippen molar-refractivity contribution >= 4 is 27.3 Å². The van der Waals surface area contributed by atoms with E-state index < -0.39 is 10.0 Å². The fourth-order valence-corrected chi connectivity index (χ4v) is 3.29. The Morgan fingerprint density at radius 3 is 2.53 bits per heavy atom. The minimum atomic E-state index is -3.51. The zero-order chi connectivity index (χ0) is 12.8. The number of nitrogens with one attached hydrogen (secondary N) is 1. The molecule has 94 valence electrons. The van der Waals surface area contributed by atoms with E-state index in [2.05, 4.69) is 4.72 Å². The molecule has 1 aliphatic carbocycles. The zero-order valence-corrected chi connectivity index (χ0v) is 11.3. The molecule has 2 rings (SSSR count). The second-order valence-electron chi connectivity index (χ2n) is 4.56. The van der Waals surface area contributed by atoms with Crippen LogP contribution in [-0.2, 0) is 10.0 Å². The Morgan fingerprint density at radius 1 is 1.47 bits per heavy atom. The van der Waals surface area contributed by atoms with Crippen LogP contribution in [0.25, 0.3) is 0 Å². The number of anilines is 1. The summed E-state index contributed by atoms with van der Waals surface area (Å²) in [7, 11) is -3.51. The molecule has 4 nitrogen and oxygen atoms in total. The van der Waals surface area contributed by atoms with Crippen LogP contribution in [0, 0.1) is 12.8 Å². The molecule has 0 heterocycles. The minimum absolute atomic E-state index is 0.0429. The highest BCUT2D eigenvalue weighted by molar-refractivity contribution is 7.89. The molecule has 2 atom stereocenters. The highest BCUT2D eigenvalue weighted by Crippen LogP contribution is 2.32. The van der Waals surface area contributed by atoms with Gasteiger partial charge in [-0.2, -0.15) is 0 Å². The van der Waals surface area contributed by atoms with Crippen LogP contribution in [0.1, 0.15) is 18.9 Å². The zero-order valence-electron chi connectivity index (χ0n) is 9.70. The van der Waals surface area contributed by atoms with Gasteiger partial charge in [0.15, 0.2) is 0 Å². The first-order valence-electron chi connectivity index (χ1n) is 5.39. The fraction of sp³-hybridized carbons (Fsp3) is 0.455. The summed E-state index contributed by atoms with van der Waals surface area (Å²) in [5.41, 5.74) is 6.81. The lowest BCUT2D eigenvalue weighted by Gasteiger charge is -2.09. The maximum Gasteiger partial charge on any atom is 0.240 e. The van der Waals surface area contributed by atoms with Crippen molar-refractivity contribution in [1.82, 2.24) is 4.72 Å². The van der Waals surface area contributed by atoms with Gasteiger partial charge >= 0.3 is 0 Å². The number of hydrogen-bond acceptors (Lipinski definition) is 3. The number of hydrogen-bond donors (Lipinski definition) is 2. The van der Waals surface area contributed by atoms with Crippen LogP contribution in [0.5, 0.6) is 0 Å². The smallest absolute Gasteiger partial charge is 0.240 e. The van der Waals surface area contributed by atoms with Crippen molar-refractivity contribution in [3.05, 3.63) is 22.7 Å². The van der Waals surface area contributed by atoms with Crippen molar-refractivity contribution in [3.8, 4) is 0 Å². The van der Waals surface area contributed by atoms with Gasteiger partial charge < -0.3 is 5.73 Å². The maximum absolute atomic E-state index is 12.0. The van der Waals surface area contributed by atoms with E-state index in [9.17, 15) is 8.42 Å². The van der Waals surface area contributed by atoms with Crippen molar-refractivity contribution in [2.24, 2.45) is 5.92 Å². The number of sulfonamides is 1. The highest BCUT2D eigenvalue weighted by Gasteiger charge is 2.36. The van der Waals surface area contributed by atoms with E-state index in [1.165, 1.54) is 12.1 Å². The Kier molecular flexibility index (Phi) is 3.10. The first-order chi connectivity index (χ1) is 7.81. The van der Waals surface area contributed by atoms with Gasteiger partial charge in [-0.05, 0) is 37.0 Å². The summed E-state index contributed by atoms with van der Waals surface area (Å²) in [4.78, 5) is 0.129. The molecular weight excluding hydrogens is 260 g/mol. The van der Waals surface area contributed by atoms with Crippen LogP contribution in [0.4, 0.5) is 5.69 Å². The Balaban J connectivity index is 2.33. The highest BCUT2D eigenvalue weighted by atomic mass is 35.5. The van der Waals surface area contributed by atoms with Gasteiger partial charge in [0.05, 0.1) is 4.90 Å². The number of benzene rings is 1. The van der Waals surface area contributed by atoms with Gasteiger partial charge in [-0.25, -0.2) is 13.1 Å². The van der Waals surface area contributed by atoms with Gasteiger partial charge in [0.2, 0.25) is 10.0 Å². The molecule has 2 unspecified atom stereocenters. The lowest BCUT2D eigenvalue weighted by molar-refractivity contribution is 0.578. The largest absolute Gasteiger partial charge is 0.398 e. The van der Waals surface area contributed by atoms with Gasteiger partial charge in [-0.15, -0.1) is 0 Å². The van der Waals surface area contributed by atoms with Crippen molar-refractivity contribution in [2.45, 2.75) is 31.2 Å². The first kappa shape index (κ1) is 12.7. The maximum atomic E-state index is 12.0. The molecule has 0 radical (unpaired) electrons. The predicted molar refractivity (Wildman–Crippen MR) is 68.5 cm³/mol. The van der Waals surface area contributed by atoms with Crippen LogP contribution in [0.3, 0.4) is 0 Å². The molecule has 0 bridgehead atoms. The molecule has 1 aromatic rings. The van der Waals surface area contributed by atoms with Gasteiger partial charge in [-0.1, -0.05) is 18.5 Å². The molecule has 17 heavy (non-hydrogen) atoms. The van der Waals surface area contributed by atoms with E-state index in [0.29, 0.717) is 22.2 Å².